The van der Waals surface area contributed by atoms with Crippen LogP contribution in [0, 0.1) is 12.3 Å². The highest BCUT2D eigenvalue weighted by Gasteiger charge is 2.07. The topological polar surface area (TPSA) is 84.0 Å². The number of ether oxygens (including phenoxy) is 2. The van der Waals surface area contributed by atoms with E-state index in [1.165, 1.54) is 0 Å². The van der Waals surface area contributed by atoms with Gasteiger partial charge < -0.3 is 25.4 Å². The van der Waals surface area contributed by atoms with Gasteiger partial charge in [-0.15, -0.1) is 6.42 Å². The van der Waals surface area contributed by atoms with Crippen molar-refractivity contribution in [2.24, 2.45) is 4.99 Å². The van der Waals surface area contributed by atoms with E-state index in [0.29, 0.717) is 36.1 Å². The van der Waals surface area contributed by atoms with Crippen LogP contribution in [-0.4, -0.2) is 45.7 Å². The highest BCUT2D eigenvalue weighted by molar-refractivity contribution is 5.94. The van der Waals surface area contributed by atoms with Crippen molar-refractivity contribution in [2.45, 2.75) is 19.9 Å². The number of aliphatic imine (C=N–C) groups is 1. The highest BCUT2D eigenvalue weighted by atomic mass is 16.5. The summed E-state index contributed by atoms with van der Waals surface area (Å²) in [6.07, 6.45) is 6.05. The van der Waals surface area contributed by atoms with Gasteiger partial charge >= 0.3 is 0 Å². The molecule has 0 fully saturated rings. The Morgan fingerprint density at radius 2 is 1.97 bits per heavy atom. The lowest BCUT2D eigenvalue weighted by atomic mass is 10.1. The van der Waals surface area contributed by atoms with Crippen molar-refractivity contribution in [3.8, 4) is 23.8 Å². The minimum absolute atomic E-state index is 0.0882. The smallest absolute Gasteiger partial charge is 0.251 e. The molecule has 2 aromatic carbocycles. The molecule has 2 rings (SSSR count). The summed E-state index contributed by atoms with van der Waals surface area (Å²) in [6, 6.07) is 13.3. The fraction of sp³-hybridized carbons (Fsp3) is 0.333. The molecule has 0 radical (unpaired) electrons. The van der Waals surface area contributed by atoms with Crippen molar-refractivity contribution in [1.29, 1.82) is 0 Å². The fourth-order valence-electron chi connectivity index (χ4n) is 2.90. The van der Waals surface area contributed by atoms with Gasteiger partial charge in [0.15, 0.2) is 17.5 Å². The molecular formula is C24H30N4O3. The SMILES string of the molecule is C#CCOc1cc(CN=C(NCC)NCCc2cccc(C(=O)NC)c2)ccc1OC. The number of benzene rings is 2. The molecule has 0 atom stereocenters. The number of hydrogen-bond acceptors (Lipinski definition) is 4. The Labute approximate surface area is 184 Å². The third-order valence-corrected chi connectivity index (χ3v) is 4.43. The second kappa shape index (κ2) is 12.8. The Bertz CT molecular complexity index is 935. The molecule has 0 aromatic heterocycles. The molecule has 31 heavy (non-hydrogen) atoms. The van der Waals surface area contributed by atoms with Crippen LogP contribution in [0.15, 0.2) is 47.5 Å². The van der Waals surface area contributed by atoms with Crippen LogP contribution in [0.2, 0.25) is 0 Å². The fourth-order valence-corrected chi connectivity index (χ4v) is 2.90. The van der Waals surface area contributed by atoms with Gasteiger partial charge in [0.1, 0.15) is 6.61 Å². The number of nitrogens with one attached hydrogen (secondary N) is 3. The predicted octanol–water partition coefficient (Wildman–Crippen LogP) is 2.36. The van der Waals surface area contributed by atoms with Crippen LogP contribution in [0.5, 0.6) is 11.5 Å². The zero-order chi connectivity index (χ0) is 22.5. The van der Waals surface area contributed by atoms with E-state index in [4.69, 9.17) is 15.9 Å². The van der Waals surface area contributed by atoms with Gasteiger partial charge in [0, 0.05) is 25.7 Å². The molecule has 0 saturated carbocycles. The number of hydrogen-bond donors (Lipinski definition) is 3. The van der Waals surface area contributed by atoms with Gasteiger partial charge in [0.05, 0.1) is 13.7 Å². The molecule has 164 valence electrons. The zero-order valence-electron chi connectivity index (χ0n) is 18.3. The summed E-state index contributed by atoms with van der Waals surface area (Å²) < 4.78 is 10.9. The van der Waals surface area contributed by atoms with E-state index in [1.807, 2.05) is 43.3 Å². The molecule has 2 aromatic rings. The summed E-state index contributed by atoms with van der Waals surface area (Å²) in [5.74, 6) is 4.31. The average molecular weight is 423 g/mol. The molecule has 7 nitrogen and oxygen atoms in total. The molecule has 0 spiro atoms. The summed E-state index contributed by atoms with van der Waals surface area (Å²) in [7, 11) is 3.22. The van der Waals surface area contributed by atoms with Crippen molar-refractivity contribution in [1.82, 2.24) is 16.0 Å². The first kappa shape index (κ1) is 23.6. The van der Waals surface area contributed by atoms with Gasteiger partial charge in [-0.3, -0.25) is 4.79 Å². The molecule has 0 aliphatic heterocycles. The van der Waals surface area contributed by atoms with E-state index in [9.17, 15) is 4.79 Å². The van der Waals surface area contributed by atoms with Crippen molar-refractivity contribution in [3.05, 3.63) is 59.2 Å². The number of terminal acetylenes is 1. The van der Waals surface area contributed by atoms with E-state index in [2.05, 4.69) is 26.9 Å². The van der Waals surface area contributed by atoms with Gasteiger partial charge in [-0.2, -0.15) is 0 Å². The molecule has 3 N–H and O–H groups in total. The van der Waals surface area contributed by atoms with E-state index in [0.717, 1.165) is 24.1 Å². The third-order valence-electron chi connectivity index (χ3n) is 4.43. The lowest BCUT2D eigenvalue weighted by Gasteiger charge is -2.13. The second-order valence-corrected chi connectivity index (χ2v) is 6.63. The number of rotatable bonds is 10. The first-order valence-electron chi connectivity index (χ1n) is 10.2. The van der Waals surface area contributed by atoms with Crippen molar-refractivity contribution in [2.75, 3.05) is 33.9 Å². The Morgan fingerprint density at radius 1 is 1.13 bits per heavy atom. The number of guanidine groups is 1. The van der Waals surface area contributed by atoms with Crippen molar-refractivity contribution in [3.63, 3.8) is 0 Å². The van der Waals surface area contributed by atoms with Gasteiger partial charge in [-0.1, -0.05) is 24.1 Å². The lowest BCUT2D eigenvalue weighted by Crippen LogP contribution is -2.38. The first-order chi connectivity index (χ1) is 15.1. The van der Waals surface area contributed by atoms with E-state index >= 15 is 0 Å². The molecule has 0 saturated heterocycles. The molecule has 0 aliphatic rings. The molecule has 0 aliphatic carbocycles. The van der Waals surface area contributed by atoms with Gasteiger partial charge in [0.2, 0.25) is 0 Å². The minimum atomic E-state index is -0.0882. The summed E-state index contributed by atoms with van der Waals surface area (Å²) in [5.41, 5.74) is 2.71. The van der Waals surface area contributed by atoms with Crippen LogP contribution in [0.1, 0.15) is 28.4 Å². The van der Waals surface area contributed by atoms with E-state index in [1.54, 1.807) is 20.2 Å². The standard InChI is InChI=1S/C24H30N4O3/c1-5-14-31-22-16-19(10-11-21(22)30-4)17-28-24(26-6-2)27-13-12-18-8-7-9-20(15-18)23(29)25-3/h1,7-11,15-16H,6,12-14,17H2,2-4H3,(H,25,29)(H2,26,27,28). The Hall–Kier alpha value is -3.66. The second-order valence-electron chi connectivity index (χ2n) is 6.63. The summed E-state index contributed by atoms with van der Waals surface area (Å²) in [4.78, 5) is 16.4. The van der Waals surface area contributed by atoms with Crippen LogP contribution >= 0.6 is 0 Å². The van der Waals surface area contributed by atoms with Gasteiger partial charge in [-0.05, 0) is 48.7 Å². The summed E-state index contributed by atoms with van der Waals surface area (Å²) in [6.45, 7) is 4.09. The Morgan fingerprint density at radius 3 is 2.68 bits per heavy atom. The number of nitrogens with zero attached hydrogens (tertiary/aromatic N) is 1. The quantitative estimate of drug-likeness (QED) is 0.311. The van der Waals surface area contributed by atoms with Crippen LogP contribution < -0.4 is 25.4 Å². The van der Waals surface area contributed by atoms with Gasteiger partial charge in [-0.25, -0.2) is 4.99 Å². The first-order valence-corrected chi connectivity index (χ1v) is 10.2. The van der Waals surface area contributed by atoms with E-state index < -0.39 is 0 Å². The lowest BCUT2D eigenvalue weighted by molar-refractivity contribution is 0.0963. The van der Waals surface area contributed by atoms with Crippen LogP contribution in [0.3, 0.4) is 0 Å². The van der Waals surface area contributed by atoms with Crippen LogP contribution in [0.4, 0.5) is 0 Å². The largest absolute Gasteiger partial charge is 0.493 e. The normalized spacial score (nSPS) is 10.7. The molecule has 7 heteroatoms. The third kappa shape index (κ3) is 7.59. The van der Waals surface area contributed by atoms with Crippen LogP contribution in [-0.2, 0) is 13.0 Å². The molecular weight excluding hydrogens is 392 g/mol. The number of methoxy groups -OCH3 is 1. The summed E-state index contributed by atoms with van der Waals surface area (Å²) >= 11 is 0. The molecule has 0 bridgehead atoms. The maximum Gasteiger partial charge on any atom is 0.251 e. The molecule has 0 heterocycles. The maximum atomic E-state index is 11.8. The number of amides is 1. The van der Waals surface area contributed by atoms with Crippen LogP contribution in [0.25, 0.3) is 0 Å². The highest BCUT2D eigenvalue weighted by Crippen LogP contribution is 2.28. The molecule has 0 unspecified atom stereocenters. The van der Waals surface area contributed by atoms with E-state index in [-0.39, 0.29) is 12.5 Å². The molecule has 1 amide bonds. The number of carbonyl (C=O) groups excluding carboxylic acids is 1. The maximum absolute atomic E-state index is 11.8. The monoisotopic (exact) mass is 422 g/mol. The van der Waals surface area contributed by atoms with Crippen molar-refractivity contribution < 1.29 is 14.3 Å². The summed E-state index contributed by atoms with van der Waals surface area (Å²) in [5, 5.41) is 9.22. The number of carbonyl (C=O) groups is 1. The van der Waals surface area contributed by atoms with Gasteiger partial charge in [0.25, 0.3) is 5.91 Å². The van der Waals surface area contributed by atoms with Crippen molar-refractivity contribution >= 4 is 11.9 Å². The average Bonchev–Trinajstić information content (AvgIpc) is 2.80. The Balaban J connectivity index is 1.99. The Kier molecular flexibility index (Phi) is 9.76. The zero-order valence-corrected chi connectivity index (χ0v) is 18.3. The minimum Gasteiger partial charge on any atom is -0.493 e. The predicted molar refractivity (Wildman–Crippen MR) is 124 cm³/mol.